The van der Waals surface area contributed by atoms with Gasteiger partial charge in [0.25, 0.3) is 0 Å². The summed E-state index contributed by atoms with van der Waals surface area (Å²) in [6, 6.07) is -1.58. The van der Waals surface area contributed by atoms with E-state index in [0.717, 1.165) is 0 Å². The number of aliphatic carboxylic acids is 2. The standard InChI is InChI=1S/C22H32N2O9/c1-5-15(6-2)33-17-9-14(22(31)32-7-3)8-16(20(17)23-12(4)25)24-18(26)10-13(21(29)30)11-19(27)28/h9,11,15-17,20H,5-8,10H2,1-4H3,(H,23,25)(H,24,26)(H,27,28)(H,29,30)/b13-11+. The van der Waals surface area contributed by atoms with Crippen molar-refractivity contribution in [3.8, 4) is 0 Å². The van der Waals surface area contributed by atoms with E-state index in [1.165, 1.54) is 6.92 Å². The highest BCUT2D eigenvalue weighted by Crippen LogP contribution is 2.25. The zero-order valence-electron chi connectivity index (χ0n) is 19.3. The predicted octanol–water partition coefficient (Wildman–Crippen LogP) is 0.929. The molecule has 184 valence electrons. The summed E-state index contributed by atoms with van der Waals surface area (Å²) in [5, 5.41) is 23.3. The molecular formula is C22H32N2O9. The minimum absolute atomic E-state index is 0.00332. The lowest BCUT2D eigenvalue weighted by atomic mass is 9.87. The Kier molecular flexibility index (Phi) is 11.3. The first-order valence-electron chi connectivity index (χ1n) is 10.8. The lowest BCUT2D eigenvalue weighted by Gasteiger charge is -2.38. The molecule has 1 aliphatic rings. The second kappa shape index (κ2) is 13.4. The van der Waals surface area contributed by atoms with E-state index in [9.17, 15) is 24.0 Å². The van der Waals surface area contributed by atoms with Crippen LogP contribution in [0.3, 0.4) is 0 Å². The molecule has 11 heteroatoms. The monoisotopic (exact) mass is 468 g/mol. The molecule has 1 rings (SSSR count). The van der Waals surface area contributed by atoms with Gasteiger partial charge in [-0.2, -0.15) is 0 Å². The molecule has 2 amide bonds. The largest absolute Gasteiger partial charge is 0.478 e. The molecule has 0 aromatic carbocycles. The Morgan fingerprint density at radius 2 is 1.76 bits per heavy atom. The van der Waals surface area contributed by atoms with Gasteiger partial charge in [0.1, 0.15) is 0 Å². The van der Waals surface area contributed by atoms with Crippen LogP contribution in [0, 0.1) is 0 Å². The van der Waals surface area contributed by atoms with Gasteiger partial charge in [0.05, 0.1) is 42.9 Å². The van der Waals surface area contributed by atoms with Crippen molar-refractivity contribution in [2.75, 3.05) is 6.61 Å². The molecule has 4 N–H and O–H groups in total. The number of carboxylic acids is 2. The van der Waals surface area contributed by atoms with Gasteiger partial charge < -0.3 is 30.3 Å². The van der Waals surface area contributed by atoms with Gasteiger partial charge in [0, 0.05) is 25.0 Å². The minimum Gasteiger partial charge on any atom is -0.478 e. The van der Waals surface area contributed by atoms with E-state index in [1.54, 1.807) is 13.0 Å². The highest BCUT2D eigenvalue weighted by molar-refractivity contribution is 5.99. The molecule has 0 saturated heterocycles. The van der Waals surface area contributed by atoms with E-state index in [2.05, 4.69) is 10.6 Å². The van der Waals surface area contributed by atoms with Crippen molar-refractivity contribution >= 4 is 29.7 Å². The highest BCUT2D eigenvalue weighted by atomic mass is 16.5. The molecule has 0 aliphatic heterocycles. The van der Waals surface area contributed by atoms with Gasteiger partial charge in [0.15, 0.2) is 0 Å². The molecule has 33 heavy (non-hydrogen) atoms. The Hall–Kier alpha value is -3.21. The number of hydrogen-bond acceptors (Lipinski definition) is 7. The van der Waals surface area contributed by atoms with Crippen molar-refractivity contribution in [2.45, 2.75) is 77.7 Å². The second-order valence-corrected chi connectivity index (χ2v) is 7.55. The molecule has 0 radical (unpaired) electrons. The van der Waals surface area contributed by atoms with Gasteiger partial charge >= 0.3 is 17.9 Å². The number of nitrogens with one attached hydrogen (secondary N) is 2. The number of esters is 1. The molecule has 0 aromatic heterocycles. The lowest BCUT2D eigenvalue weighted by molar-refractivity contribution is -0.139. The van der Waals surface area contributed by atoms with Crippen LogP contribution in [0.15, 0.2) is 23.3 Å². The van der Waals surface area contributed by atoms with E-state index in [4.69, 9.17) is 19.7 Å². The average molecular weight is 469 g/mol. The Morgan fingerprint density at radius 1 is 1.12 bits per heavy atom. The molecule has 0 fully saturated rings. The highest BCUT2D eigenvalue weighted by Gasteiger charge is 2.38. The third-order valence-electron chi connectivity index (χ3n) is 5.03. The summed E-state index contributed by atoms with van der Waals surface area (Å²) in [6.07, 6.45) is 1.75. The van der Waals surface area contributed by atoms with Crippen LogP contribution in [-0.4, -0.2) is 70.8 Å². The van der Waals surface area contributed by atoms with E-state index in [-0.39, 0.29) is 30.6 Å². The maximum atomic E-state index is 12.6. The van der Waals surface area contributed by atoms with Crippen LogP contribution in [0.2, 0.25) is 0 Å². The summed E-state index contributed by atoms with van der Waals surface area (Å²) >= 11 is 0. The SMILES string of the molecule is CCOC(=O)C1=CC(OC(CC)CC)C(NC(C)=O)C(NC(=O)C/C(=C\C(=O)O)C(=O)O)C1. The maximum absolute atomic E-state index is 12.6. The van der Waals surface area contributed by atoms with Gasteiger partial charge in [-0.1, -0.05) is 13.8 Å². The quantitative estimate of drug-likeness (QED) is 0.240. The average Bonchev–Trinajstić information content (AvgIpc) is 2.72. The van der Waals surface area contributed by atoms with E-state index in [0.29, 0.717) is 18.9 Å². The summed E-state index contributed by atoms with van der Waals surface area (Å²) in [6.45, 7) is 6.96. The Balaban J connectivity index is 3.26. The van der Waals surface area contributed by atoms with Crippen LogP contribution in [0.25, 0.3) is 0 Å². The topological polar surface area (TPSA) is 168 Å². The number of ether oxygens (including phenoxy) is 2. The fourth-order valence-corrected chi connectivity index (χ4v) is 3.49. The molecule has 0 heterocycles. The summed E-state index contributed by atoms with van der Waals surface area (Å²) in [4.78, 5) is 59.0. The van der Waals surface area contributed by atoms with Gasteiger partial charge in [-0.3, -0.25) is 9.59 Å². The number of carbonyl (C=O) groups excluding carboxylic acids is 3. The van der Waals surface area contributed by atoms with Crippen molar-refractivity contribution in [2.24, 2.45) is 0 Å². The second-order valence-electron chi connectivity index (χ2n) is 7.55. The van der Waals surface area contributed by atoms with E-state index < -0.39 is 54.0 Å². The Morgan fingerprint density at radius 3 is 2.24 bits per heavy atom. The summed E-state index contributed by atoms with van der Waals surface area (Å²) in [7, 11) is 0. The van der Waals surface area contributed by atoms with E-state index in [1.807, 2.05) is 13.8 Å². The van der Waals surface area contributed by atoms with Crippen molar-refractivity contribution in [1.29, 1.82) is 0 Å². The molecule has 0 spiro atoms. The fourth-order valence-electron chi connectivity index (χ4n) is 3.49. The third-order valence-corrected chi connectivity index (χ3v) is 5.03. The van der Waals surface area contributed by atoms with Crippen LogP contribution in [0.1, 0.15) is 53.4 Å². The first kappa shape index (κ1) is 27.8. The van der Waals surface area contributed by atoms with Crippen molar-refractivity contribution in [3.63, 3.8) is 0 Å². The molecule has 0 aromatic rings. The van der Waals surface area contributed by atoms with Crippen molar-refractivity contribution in [1.82, 2.24) is 10.6 Å². The summed E-state index contributed by atoms with van der Waals surface area (Å²) in [5.74, 6) is -4.80. The van der Waals surface area contributed by atoms with Crippen LogP contribution >= 0.6 is 0 Å². The lowest BCUT2D eigenvalue weighted by Crippen LogP contribution is -2.59. The number of carbonyl (C=O) groups is 5. The Labute approximate surface area is 192 Å². The molecule has 3 atom stereocenters. The van der Waals surface area contributed by atoms with Gasteiger partial charge in [-0.15, -0.1) is 0 Å². The normalized spacial score (nSPS) is 20.6. The molecule has 11 nitrogen and oxygen atoms in total. The first-order valence-corrected chi connectivity index (χ1v) is 10.8. The molecular weight excluding hydrogens is 436 g/mol. The first-order chi connectivity index (χ1) is 15.5. The molecule has 0 bridgehead atoms. The fraction of sp³-hybridized carbons (Fsp3) is 0.591. The zero-order valence-corrected chi connectivity index (χ0v) is 19.3. The Bertz CT molecular complexity index is 815. The molecule has 0 saturated carbocycles. The van der Waals surface area contributed by atoms with Gasteiger partial charge in [0.2, 0.25) is 11.8 Å². The minimum atomic E-state index is -1.54. The van der Waals surface area contributed by atoms with Crippen molar-refractivity contribution in [3.05, 3.63) is 23.3 Å². The van der Waals surface area contributed by atoms with Gasteiger partial charge in [-0.25, -0.2) is 14.4 Å². The van der Waals surface area contributed by atoms with Crippen molar-refractivity contribution < 1.29 is 43.7 Å². The van der Waals surface area contributed by atoms with Gasteiger partial charge in [-0.05, 0) is 25.8 Å². The number of hydrogen-bond donors (Lipinski definition) is 4. The van der Waals surface area contributed by atoms with Crippen LogP contribution < -0.4 is 10.6 Å². The number of amides is 2. The predicted molar refractivity (Wildman–Crippen MR) is 116 cm³/mol. The number of rotatable bonds is 12. The summed E-state index contributed by atoms with van der Waals surface area (Å²) in [5.41, 5.74) is -0.364. The zero-order chi connectivity index (χ0) is 25.1. The van der Waals surface area contributed by atoms with Crippen LogP contribution in [0.5, 0.6) is 0 Å². The smallest absolute Gasteiger partial charge is 0.333 e. The maximum Gasteiger partial charge on any atom is 0.333 e. The third kappa shape index (κ3) is 9.05. The summed E-state index contributed by atoms with van der Waals surface area (Å²) < 4.78 is 11.2. The molecule has 1 aliphatic carbocycles. The number of carboxylic acid groups (broad SMARTS) is 2. The van der Waals surface area contributed by atoms with Crippen LogP contribution in [0.4, 0.5) is 0 Å². The molecule has 3 unspecified atom stereocenters. The van der Waals surface area contributed by atoms with E-state index >= 15 is 0 Å². The van der Waals surface area contributed by atoms with Crippen LogP contribution in [-0.2, 0) is 33.4 Å².